The van der Waals surface area contributed by atoms with Crippen molar-refractivity contribution >= 4 is 35.2 Å². The molecule has 0 aromatic heterocycles. The molecule has 3 N–H and O–H groups in total. The second-order valence-electron chi connectivity index (χ2n) is 7.30. The van der Waals surface area contributed by atoms with Crippen LogP contribution in [0.5, 0.6) is 0 Å². The van der Waals surface area contributed by atoms with E-state index < -0.39 is 29.9 Å². The summed E-state index contributed by atoms with van der Waals surface area (Å²) >= 11 is 6.14. The van der Waals surface area contributed by atoms with Gasteiger partial charge < -0.3 is 20.7 Å². The number of nitrogens with one attached hydrogen (secondary N) is 1. The van der Waals surface area contributed by atoms with E-state index in [4.69, 9.17) is 22.1 Å². The first-order chi connectivity index (χ1) is 14.3. The number of nitrogens with zero attached hydrogens (tertiary/aromatic N) is 1. The molecule has 0 radical (unpaired) electrons. The van der Waals surface area contributed by atoms with Crippen LogP contribution in [0, 0.1) is 12.8 Å². The van der Waals surface area contributed by atoms with Crippen LogP contribution in [0.3, 0.4) is 0 Å². The van der Waals surface area contributed by atoms with E-state index in [1.165, 1.54) is 4.90 Å². The molecule has 3 rings (SSSR count). The fraction of sp³-hybridized carbons (Fsp3) is 0.318. The van der Waals surface area contributed by atoms with Crippen molar-refractivity contribution in [3.05, 3.63) is 64.7 Å². The van der Waals surface area contributed by atoms with Gasteiger partial charge in [0.25, 0.3) is 5.91 Å². The molecule has 1 aliphatic rings. The van der Waals surface area contributed by atoms with Gasteiger partial charge in [0.15, 0.2) is 0 Å². The Bertz CT molecular complexity index is 935. The van der Waals surface area contributed by atoms with Crippen molar-refractivity contribution in [2.24, 2.45) is 11.7 Å². The highest BCUT2D eigenvalue weighted by Crippen LogP contribution is 2.26. The van der Waals surface area contributed by atoms with E-state index in [1.54, 1.807) is 42.5 Å². The summed E-state index contributed by atoms with van der Waals surface area (Å²) in [6.45, 7) is 2.56. The van der Waals surface area contributed by atoms with Gasteiger partial charge >= 0.3 is 12.0 Å². The summed E-state index contributed by atoms with van der Waals surface area (Å²) in [5.41, 5.74) is 7.28. The molecule has 0 unspecified atom stereocenters. The van der Waals surface area contributed by atoms with Crippen LogP contribution in [0.15, 0.2) is 48.5 Å². The molecule has 2 atom stereocenters. The Morgan fingerprint density at radius 1 is 1.20 bits per heavy atom. The first-order valence-corrected chi connectivity index (χ1v) is 10.1. The highest BCUT2D eigenvalue weighted by Gasteiger charge is 2.33. The van der Waals surface area contributed by atoms with Crippen molar-refractivity contribution in [3.8, 4) is 0 Å². The largest absolute Gasteiger partial charge is 0.447 e. The predicted molar refractivity (Wildman–Crippen MR) is 114 cm³/mol. The molecule has 8 heteroatoms. The lowest BCUT2D eigenvalue weighted by Crippen LogP contribution is -2.45. The molecule has 30 heavy (non-hydrogen) atoms. The van der Waals surface area contributed by atoms with Gasteiger partial charge in [-0.05, 0) is 37.5 Å². The Kier molecular flexibility index (Phi) is 6.95. The average molecular weight is 430 g/mol. The third kappa shape index (κ3) is 5.30. The predicted octanol–water partition coefficient (Wildman–Crippen LogP) is 3.66. The van der Waals surface area contributed by atoms with Crippen LogP contribution in [0.2, 0.25) is 5.02 Å². The quantitative estimate of drug-likeness (QED) is 0.708. The Balaban J connectivity index is 1.77. The minimum atomic E-state index is -1.14. The number of rotatable bonds is 5. The number of carbonyl (C=O) groups is 3. The molecule has 3 amide bonds. The van der Waals surface area contributed by atoms with Crippen molar-refractivity contribution in [1.29, 1.82) is 0 Å². The number of esters is 1. The Morgan fingerprint density at radius 3 is 2.60 bits per heavy atom. The van der Waals surface area contributed by atoms with Crippen molar-refractivity contribution in [2.45, 2.75) is 25.9 Å². The van der Waals surface area contributed by atoms with Crippen LogP contribution in [0.25, 0.3) is 0 Å². The zero-order valence-corrected chi connectivity index (χ0v) is 17.4. The lowest BCUT2D eigenvalue weighted by Gasteiger charge is -2.31. The van der Waals surface area contributed by atoms with Gasteiger partial charge in [-0.2, -0.15) is 0 Å². The zero-order valence-electron chi connectivity index (χ0n) is 16.6. The molecule has 0 spiro atoms. The van der Waals surface area contributed by atoms with E-state index in [-0.39, 0.29) is 6.54 Å². The number of piperidine rings is 1. The number of ether oxygens (including phenoxy) is 1. The molecule has 1 saturated heterocycles. The second-order valence-corrected chi connectivity index (χ2v) is 7.71. The molecule has 0 aliphatic carbocycles. The van der Waals surface area contributed by atoms with Gasteiger partial charge in [0.1, 0.15) is 0 Å². The van der Waals surface area contributed by atoms with Crippen molar-refractivity contribution in [1.82, 2.24) is 4.90 Å². The number of carbonyl (C=O) groups excluding carboxylic acids is 3. The van der Waals surface area contributed by atoms with Crippen LogP contribution in [-0.4, -0.2) is 35.9 Å². The smallest absolute Gasteiger partial charge is 0.314 e. The minimum Gasteiger partial charge on any atom is -0.447 e. The number of anilines is 1. The number of benzene rings is 2. The third-order valence-corrected chi connectivity index (χ3v) is 5.49. The lowest BCUT2D eigenvalue weighted by atomic mass is 9.98. The van der Waals surface area contributed by atoms with Crippen LogP contribution in [0.4, 0.5) is 10.5 Å². The summed E-state index contributed by atoms with van der Waals surface area (Å²) in [4.78, 5) is 38.7. The maximum Gasteiger partial charge on any atom is 0.314 e. The normalized spacial score (nSPS) is 17.1. The number of halogens is 1. The topological polar surface area (TPSA) is 102 Å². The van der Waals surface area contributed by atoms with Gasteiger partial charge in [-0.1, -0.05) is 48.0 Å². The lowest BCUT2D eigenvalue weighted by molar-refractivity contribution is -0.160. The van der Waals surface area contributed by atoms with Gasteiger partial charge in [-0.25, -0.2) is 4.79 Å². The van der Waals surface area contributed by atoms with Gasteiger partial charge in [0, 0.05) is 29.4 Å². The van der Waals surface area contributed by atoms with E-state index in [2.05, 4.69) is 5.32 Å². The van der Waals surface area contributed by atoms with Gasteiger partial charge in [-0.15, -0.1) is 0 Å². The monoisotopic (exact) mass is 429 g/mol. The van der Waals surface area contributed by atoms with Gasteiger partial charge in [0.05, 0.1) is 5.92 Å². The molecule has 7 nitrogen and oxygen atoms in total. The van der Waals surface area contributed by atoms with E-state index in [0.29, 0.717) is 35.7 Å². The van der Waals surface area contributed by atoms with Crippen LogP contribution < -0.4 is 11.1 Å². The number of primary amides is 1. The molecule has 1 aliphatic heterocycles. The molecule has 1 fully saturated rings. The third-order valence-electron chi connectivity index (χ3n) is 5.08. The molecule has 0 saturated carbocycles. The van der Waals surface area contributed by atoms with Crippen LogP contribution in [0.1, 0.15) is 30.1 Å². The number of likely N-dealkylation sites (tertiary alicyclic amines) is 1. The summed E-state index contributed by atoms with van der Waals surface area (Å²) in [6, 6.07) is 13.4. The van der Waals surface area contributed by atoms with Crippen molar-refractivity contribution in [2.75, 3.05) is 18.4 Å². The standard InChI is InChI=1S/C22H24ClN3O4/c1-14-9-10-17(12-18(14)23)25-20(27)19(15-6-3-2-4-7-15)30-21(28)16-8-5-11-26(13-16)22(24)29/h2-4,6-7,9-10,12,16,19H,5,8,11,13H2,1H3,(H2,24,29)(H,25,27)/t16-,19+/m0/s1. The molecule has 2 aromatic carbocycles. The van der Waals surface area contributed by atoms with E-state index in [9.17, 15) is 14.4 Å². The number of nitrogens with two attached hydrogens (primary N) is 1. The summed E-state index contributed by atoms with van der Waals surface area (Å²) in [5.74, 6) is -1.55. The molecular weight excluding hydrogens is 406 g/mol. The maximum atomic E-state index is 13.0. The number of hydrogen-bond donors (Lipinski definition) is 2. The van der Waals surface area contributed by atoms with Crippen molar-refractivity contribution < 1.29 is 19.1 Å². The summed E-state index contributed by atoms with van der Waals surface area (Å²) in [6.07, 6.45) is 0.0780. The summed E-state index contributed by atoms with van der Waals surface area (Å²) in [5, 5.41) is 3.28. The first-order valence-electron chi connectivity index (χ1n) is 9.72. The van der Waals surface area contributed by atoms with Gasteiger partial charge in [0.2, 0.25) is 6.10 Å². The maximum absolute atomic E-state index is 13.0. The zero-order chi connectivity index (χ0) is 21.7. The molecule has 1 heterocycles. The average Bonchev–Trinajstić information content (AvgIpc) is 2.75. The van der Waals surface area contributed by atoms with E-state index in [0.717, 1.165) is 5.56 Å². The SMILES string of the molecule is Cc1ccc(NC(=O)[C@H](OC(=O)[C@H]2CCCN(C(N)=O)C2)c2ccccc2)cc1Cl. The number of amides is 3. The highest BCUT2D eigenvalue weighted by atomic mass is 35.5. The van der Waals surface area contributed by atoms with Crippen molar-refractivity contribution in [3.63, 3.8) is 0 Å². The highest BCUT2D eigenvalue weighted by molar-refractivity contribution is 6.31. The molecule has 2 aromatic rings. The number of aryl methyl sites for hydroxylation is 1. The Hall–Kier alpha value is -3.06. The fourth-order valence-electron chi connectivity index (χ4n) is 3.36. The summed E-state index contributed by atoms with van der Waals surface area (Å²) in [7, 11) is 0. The second kappa shape index (κ2) is 9.63. The van der Waals surface area contributed by atoms with Gasteiger partial charge in [-0.3, -0.25) is 9.59 Å². The number of hydrogen-bond acceptors (Lipinski definition) is 4. The molecular formula is C22H24ClN3O4. The van der Waals surface area contributed by atoms with E-state index >= 15 is 0 Å². The number of urea groups is 1. The van der Waals surface area contributed by atoms with Crippen LogP contribution in [-0.2, 0) is 14.3 Å². The van der Waals surface area contributed by atoms with E-state index in [1.807, 2.05) is 13.0 Å². The Labute approximate surface area is 180 Å². The first kappa shape index (κ1) is 21.6. The minimum absolute atomic E-state index is 0.185. The Morgan fingerprint density at radius 2 is 1.93 bits per heavy atom. The summed E-state index contributed by atoms with van der Waals surface area (Å²) < 4.78 is 5.63. The molecule has 0 bridgehead atoms. The molecule has 158 valence electrons. The van der Waals surface area contributed by atoms with Crippen LogP contribution >= 0.6 is 11.6 Å². The fourth-order valence-corrected chi connectivity index (χ4v) is 3.54.